The van der Waals surface area contributed by atoms with Crippen molar-refractivity contribution in [1.29, 1.82) is 0 Å². The van der Waals surface area contributed by atoms with Crippen molar-refractivity contribution in [3.8, 4) is 11.1 Å². The van der Waals surface area contributed by atoms with Crippen molar-refractivity contribution in [2.45, 2.75) is 0 Å². The Morgan fingerprint density at radius 3 is 1.23 bits per heavy atom. The van der Waals surface area contributed by atoms with Gasteiger partial charge in [0.05, 0.1) is 0 Å². The molecule has 2 aliphatic heterocycles. The Hall–Kier alpha value is -3.68. The van der Waals surface area contributed by atoms with E-state index in [9.17, 15) is 0 Å². The van der Waals surface area contributed by atoms with Crippen LogP contribution < -0.4 is 20.7 Å². The quantitative estimate of drug-likeness (QED) is 0.250. The standard InChI is InChI=1S/C30H18Si/c1-2-10-20-19(9-1)23-13-7-17-27-29(23)30-24(20)14-8-18-28(30)31(27)25-15-5-3-11-21(25)22-12-4-6-16-26(22)31/h1-18H. The largest absolute Gasteiger partial charge is 0.182 e. The van der Waals surface area contributed by atoms with Crippen LogP contribution in [0.1, 0.15) is 0 Å². The molecular weight excluding hydrogens is 388 g/mol. The van der Waals surface area contributed by atoms with E-state index in [2.05, 4.69) is 109 Å². The Labute approximate surface area is 181 Å². The molecule has 0 aromatic heterocycles. The zero-order valence-corrected chi connectivity index (χ0v) is 17.9. The molecule has 2 aliphatic rings. The second-order valence-electron chi connectivity index (χ2n) is 8.84. The fraction of sp³-hybridized carbons (Fsp3) is 0. The number of rotatable bonds is 0. The summed E-state index contributed by atoms with van der Waals surface area (Å²) < 4.78 is 0. The van der Waals surface area contributed by atoms with E-state index in [4.69, 9.17) is 0 Å². The van der Waals surface area contributed by atoms with Crippen molar-refractivity contribution in [1.82, 2.24) is 0 Å². The summed E-state index contributed by atoms with van der Waals surface area (Å²) >= 11 is 0. The molecule has 0 aliphatic carbocycles. The van der Waals surface area contributed by atoms with Gasteiger partial charge in [-0.1, -0.05) is 109 Å². The fourth-order valence-corrected chi connectivity index (χ4v) is 12.3. The first-order valence-corrected chi connectivity index (χ1v) is 13.0. The van der Waals surface area contributed by atoms with E-state index in [1.54, 1.807) is 20.7 Å². The third-order valence-electron chi connectivity index (χ3n) is 7.65. The zero-order chi connectivity index (χ0) is 20.2. The average molecular weight is 407 g/mol. The van der Waals surface area contributed by atoms with E-state index in [1.165, 1.54) is 43.4 Å². The summed E-state index contributed by atoms with van der Waals surface area (Å²) in [5, 5.41) is 14.8. The number of hydrogen-bond acceptors (Lipinski definition) is 0. The first kappa shape index (κ1) is 16.1. The Morgan fingerprint density at radius 1 is 0.323 bits per heavy atom. The molecule has 0 fully saturated rings. The van der Waals surface area contributed by atoms with Crippen molar-refractivity contribution in [2.24, 2.45) is 0 Å². The molecule has 0 radical (unpaired) electrons. The maximum absolute atomic E-state index is 2.43. The molecule has 142 valence electrons. The van der Waals surface area contributed by atoms with Crippen LogP contribution in [0.2, 0.25) is 0 Å². The van der Waals surface area contributed by atoms with Crippen LogP contribution >= 0.6 is 0 Å². The van der Waals surface area contributed by atoms with Crippen molar-refractivity contribution < 1.29 is 0 Å². The molecule has 0 N–H and O–H groups in total. The molecule has 0 bridgehead atoms. The summed E-state index contributed by atoms with van der Waals surface area (Å²) in [6, 6.07) is 41.4. The smallest absolute Gasteiger partial charge is 0.0623 e. The Kier molecular flexibility index (Phi) is 2.76. The second-order valence-corrected chi connectivity index (χ2v) is 12.5. The van der Waals surface area contributed by atoms with Crippen molar-refractivity contribution in [3.05, 3.63) is 109 Å². The summed E-state index contributed by atoms with van der Waals surface area (Å²) in [5.74, 6) is 0. The van der Waals surface area contributed by atoms with Crippen LogP contribution in [0.25, 0.3) is 43.4 Å². The molecular formula is C30H18Si. The van der Waals surface area contributed by atoms with Crippen LogP contribution in [0.5, 0.6) is 0 Å². The predicted octanol–water partition coefficient (Wildman–Crippen LogP) is 4.82. The van der Waals surface area contributed by atoms with Crippen LogP contribution in [-0.2, 0) is 0 Å². The van der Waals surface area contributed by atoms with E-state index in [0.717, 1.165) is 0 Å². The molecule has 6 aromatic rings. The number of hydrogen-bond donors (Lipinski definition) is 0. The lowest BCUT2D eigenvalue weighted by Gasteiger charge is -2.28. The van der Waals surface area contributed by atoms with Crippen molar-refractivity contribution in [3.63, 3.8) is 0 Å². The Morgan fingerprint density at radius 2 is 0.710 bits per heavy atom. The van der Waals surface area contributed by atoms with E-state index in [1.807, 2.05) is 0 Å². The van der Waals surface area contributed by atoms with Crippen LogP contribution in [0, 0.1) is 0 Å². The van der Waals surface area contributed by atoms with Crippen molar-refractivity contribution >= 4 is 61.1 Å². The van der Waals surface area contributed by atoms with Gasteiger partial charge in [0.1, 0.15) is 0 Å². The van der Waals surface area contributed by atoms with Gasteiger partial charge in [0.25, 0.3) is 0 Å². The summed E-state index contributed by atoms with van der Waals surface area (Å²) in [4.78, 5) is 0. The topological polar surface area (TPSA) is 0 Å². The molecule has 0 amide bonds. The third-order valence-corrected chi connectivity index (χ3v) is 12.6. The van der Waals surface area contributed by atoms with E-state index < -0.39 is 8.07 Å². The number of fused-ring (bicyclic) bond motifs is 10. The summed E-state index contributed by atoms with van der Waals surface area (Å²) in [7, 11) is -2.31. The molecule has 0 unspecified atom stereocenters. The third kappa shape index (κ3) is 1.64. The van der Waals surface area contributed by atoms with Gasteiger partial charge < -0.3 is 0 Å². The zero-order valence-electron chi connectivity index (χ0n) is 16.9. The van der Waals surface area contributed by atoms with Crippen LogP contribution in [-0.4, -0.2) is 8.07 Å². The van der Waals surface area contributed by atoms with Crippen LogP contribution in [0.3, 0.4) is 0 Å². The maximum Gasteiger partial charge on any atom is 0.182 e. The van der Waals surface area contributed by atoms with Crippen LogP contribution in [0.15, 0.2) is 109 Å². The molecule has 0 saturated heterocycles. The summed E-state index contributed by atoms with van der Waals surface area (Å²) in [5.41, 5.74) is 2.85. The van der Waals surface area contributed by atoms with Gasteiger partial charge in [-0.3, -0.25) is 0 Å². The fourth-order valence-electron chi connectivity index (χ4n) is 6.63. The highest BCUT2D eigenvalue weighted by Gasteiger charge is 2.52. The van der Waals surface area contributed by atoms with Gasteiger partial charge in [0, 0.05) is 0 Å². The minimum atomic E-state index is -2.31. The molecule has 0 nitrogen and oxygen atoms in total. The SMILES string of the molecule is c1ccc2c(c1)-c1ccccc1[Si]21c2cccc3c4ccccc4c4cccc1c4c23. The summed E-state index contributed by atoms with van der Waals surface area (Å²) in [6.07, 6.45) is 0. The lowest BCUT2D eigenvalue weighted by molar-refractivity contribution is 1.71. The second kappa shape index (κ2) is 5.32. The lowest BCUT2D eigenvalue weighted by Crippen LogP contribution is -2.70. The van der Waals surface area contributed by atoms with Gasteiger partial charge >= 0.3 is 0 Å². The Bertz CT molecular complexity index is 1610. The highest BCUT2D eigenvalue weighted by molar-refractivity contribution is 7.25. The molecule has 0 saturated carbocycles. The minimum absolute atomic E-state index is 1.37. The average Bonchev–Trinajstić information content (AvgIpc) is 3.32. The molecule has 6 aromatic carbocycles. The van der Waals surface area contributed by atoms with Gasteiger partial charge in [-0.05, 0) is 64.2 Å². The van der Waals surface area contributed by atoms with Gasteiger partial charge in [0.2, 0.25) is 0 Å². The highest BCUT2D eigenvalue weighted by Crippen LogP contribution is 2.40. The van der Waals surface area contributed by atoms with Gasteiger partial charge in [-0.25, -0.2) is 0 Å². The minimum Gasteiger partial charge on any atom is -0.0623 e. The van der Waals surface area contributed by atoms with Gasteiger partial charge in [0.15, 0.2) is 8.07 Å². The normalized spacial score (nSPS) is 14.7. The monoisotopic (exact) mass is 406 g/mol. The predicted molar refractivity (Wildman–Crippen MR) is 135 cm³/mol. The first-order valence-electron chi connectivity index (χ1n) is 11.0. The highest BCUT2D eigenvalue weighted by atomic mass is 28.3. The molecule has 0 atom stereocenters. The van der Waals surface area contributed by atoms with E-state index >= 15 is 0 Å². The van der Waals surface area contributed by atoms with E-state index in [-0.39, 0.29) is 0 Å². The molecule has 2 heterocycles. The maximum atomic E-state index is 2.43. The van der Waals surface area contributed by atoms with E-state index in [0.29, 0.717) is 0 Å². The number of benzene rings is 6. The van der Waals surface area contributed by atoms with Crippen molar-refractivity contribution in [2.75, 3.05) is 0 Å². The van der Waals surface area contributed by atoms with Gasteiger partial charge in [-0.15, -0.1) is 0 Å². The summed E-state index contributed by atoms with van der Waals surface area (Å²) in [6.45, 7) is 0. The van der Waals surface area contributed by atoms with Crippen LogP contribution in [0.4, 0.5) is 0 Å². The Balaban J connectivity index is 1.72. The van der Waals surface area contributed by atoms with Gasteiger partial charge in [-0.2, -0.15) is 0 Å². The lowest BCUT2D eigenvalue weighted by atomic mass is 9.95. The molecule has 8 rings (SSSR count). The first-order chi connectivity index (χ1) is 15.4. The molecule has 1 heteroatoms. The molecule has 1 spiro atoms. The molecule has 31 heavy (non-hydrogen) atoms.